The lowest BCUT2D eigenvalue weighted by Crippen LogP contribution is -2.27. The van der Waals surface area contributed by atoms with E-state index in [0.717, 1.165) is 43.1 Å². The van der Waals surface area contributed by atoms with Crippen LogP contribution in [0.3, 0.4) is 0 Å². The average molecular weight is 263 g/mol. The Morgan fingerprint density at radius 1 is 1.26 bits per heavy atom. The zero-order valence-electron chi connectivity index (χ0n) is 12.4. The van der Waals surface area contributed by atoms with E-state index in [1.54, 1.807) is 7.11 Å². The van der Waals surface area contributed by atoms with Crippen molar-refractivity contribution in [1.82, 2.24) is 14.9 Å². The summed E-state index contributed by atoms with van der Waals surface area (Å²) < 4.78 is 5.10. The number of likely N-dealkylation sites (N-methyl/N-ethyl adjacent to an activating group) is 1. The van der Waals surface area contributed by atoms with Gasteiger partial charge in [-0.15, -0.1) is 0 Å². The normalized spacial score (nSPS) is 10.6. The van der Waals surface area contributed by atoms with Gasteiger partial charge in [0, 0.05) is 13.7 Å². The SMILES string of the molecule is CC.CCN(CCOC)Cc1nc2ccccc2[nH]1. The summed E-state index contributed by atoms with van der Waals surface area (Å²) in [6.07, 6.45) is 0. The molecule has 0 fully saturated rings. The third-order valence-electron chi connectivity index (χ3n) is 2.87. The molecule has 1 N–H and O–H groups in total. The van der Waals surface area contributed by atoms with Gasteiger partial charge in [-0.25, -0.2) is 4.98 Å². The Morgan fingerprint density at radius 3 is 2.63 bits per heavy atom. The van der Waals surface area contributed by atoms with E-state index in [1.807, 2.05) is 32.0 Å². The molecule has 2 aromatic rings. The van der Waals surface area contributed by atoms with Gasteiger partial charge >= 0.3 is 0 Å². The van der Waals surface area contributed by atoms with Gasteiger partial charge in [-0.05, 0) is 18.7 Å². The molecule has 0 amide bonds. The molecule has 2 rings (SSSR count). The predicted octanol–water partition coefficient (Wildman–Crippen LogP) is 3.06. The molecule has 19 heavy (non-hydrogen) atoms. The second kappa shape index (κ2) is 8.67. The second-order valence-corrected chi connectivity index (χ2v) is 4.06. The molecule has 0 aliphatic heterocycles. The molecule has 0 spiro atoms. The number of aromatic nitrogens is 2. The van der Waals surface area contributed by atoms with Gasteiger partial charge in [0.15, 0.2) is 0 Å². The third kappa shape index (κ3) is 4.65. The minimum atomic E-state index is 0.758. The minimum absolute atomic E-state index is 0.758. The van der Waals surface area contributed by atoms with Crippen LogP contribution in [-0.2, 0) is 11.3 Å². The maximum absolute atomic E-state index is 5.10. The van der Waals surface area contributed by atoms with Gasteiger partial charge in [0.05, 0.1) is 24.2 Å². The smallest absolute Gasteiger partial charge is 0.121 e. The van der Waals surface area contributed by atoms with Crippen molar-refractivity contribution in [2.45, 2.75) is 27.3 Å². The predicted molar refractivity (Wildman–Crippen MR) is 80.3 cm³/mol. The quantitative estimate of drug-likeness (QED) is 0.871. The summed E-state index contributed by atoms with van der Waals surface area (Å²) in [7, 11) is 1.73. The largest absolute Gasteiger partial charge is 0.383 e. The molecule has 0 unspecified atom stereocenters. The Balaban J connectivity index is 0.000000861. The lowest BCUT2D eigenvalue weighted by Gasteiger charge is -2.18. The van der Waals surface area contributed by atoms with Crippen LogP contribution in [0.25, 0.3) is 11.0 Å². The highest BCUT2D eigenvalue weighted by molar-refractivity contribution is 5.74. The molecule has 0 bridgehead atoms. The number of H-pyrrole nitrogens is 1. The van der Waals surface area contributed by atoms with Crippen LogP contribution in [0.5, 0.6) is 0 Å². The van der Waals surface area contributed by atoms with E-state index in [2.05, 4.69) is 27.9 Å². The van der Waals surface area contributed by atoms with Crippen molar-refractivity contribution >= 4 is 11.0 Å². The number of methoxy groups -OCH3 is 1. The van der Waals surface area contributed by atoms with Crippen LogP contribution < -0.4 is 0 Å². The summed E-state index contributed by atoms with van der Waals surface area (Å²) in [5.41, 5.74) is 2.13. The zero-order valence-corrected chi connectivity index (χ0v) is 12.4. The lowest BCUT2D eigenvalue weighted by molar-refractivity contribution is 0.146. The molecule has 0 atom stereocenters. The molecule has 1 aromatic heterocycles. The maximum Gasteiger partial charge on any atom is 0.121 e. The van der Waals surface area contributed by atoms with Crippen molar-refractivity contribution in [2.75, 3.05) is 26.8 Å². The molecule has 1 heterocycles. The number of para-hydroxylation sites is 2. The number of nitrogens with zero attached hydrogens (tertiary/aromatic N) is 2. The fraction of sp³-hybridized carbons (Fsp3) is 0.533. The van der Waals surface area contributed by atoms with Gasteiger partial charge in [0.25, 0.3) is 0 Å². The highest BCUT2D eigenvalue weighted by atomic mass is 16.5. The first kappa shape index (κ1) is 15.7. The van der Waals surface area contributed by atoms with E-state index in [1.165, 1.54) is 0 Å². The van der Waals surface area contributed by atoms with Crippen molar-refractivity contribution in [1.29, 1.82) is 0 Å². The number of imidazole rings is 1. The van der Waals surface area contributed by atoms with Crippen LogP contribution in [0, 0.1) is 0 Å². The van der Waals surface area contributed by atoms with Crippen molar-refractivity contribution in [3.05, 3.63) is 30.1 Å². The Hall–Kier alpha value is -1.39. The van der Waals surface area contributed by atoms with E-state index in [4.69, 9.17) is 4.74 Å². The van der Waals surface area contributed by atoms with Gasteiger partial charge in [0.2, 0.25) is 0 Å². The number of benzene rings is 1. The van der Waals surface area contributed by atoms with E-state index in [0.29, 0.717) is 0 Å². The van der Waals surface area contributed by atoms with Gasteiger partial charge < -0.3 is 9.72 Å². The standard InChI is InChI=1S/C13H19N3O.C2H6/c1-3-16(8-9-17-2)10-13-14-11-6-4-5-7-12(11)15-13;1-2/h4-7H,3,8-10H2,1-2H3,(H,14,15);1-2H3. The molecule has 4 nitrogen and oxygen atoms in total. The molecule has 106 valence electrons. The van der Waals surface area contributed by atoms with Crippen molar-refractivity contribution in [3.63, 3.8) is 0 Å². The molecule has 4 heteroatoms. The first-order chi connectivity index (χ1) is 9.33. The molecule has 0 saturated heterocycles. The molecule has 0 aliphatic rings. The Morgan fingerprint density at radius 2 is 2.00 bits per heavy atom. The average Bonchev–Trinajstić information content (AvgIpc) is 2.87. The maximum atomic E-state index is 5.10. The van der Waals surface area contributed by atoms with Gasteiger partial charge in [-0.1, -0.05) is 32.9 Å². The molecule has 0 saturated carbocycles. The molecular weight excluding hydrogens is 238 g/mol. The number of hydrogen-bond acceptors (Lipinski definition) is 3. The molecular formula is C15H25N3O. The van der Waals surface area contributed by atoms with Gasteiger partial charge in [-0.2, -0.15) is 0 Å². The molecule has 0 radical (unpaired) electrons. The van der Waals surface area contributed by atoms with E-state index in [9.17, 15) is 0 Å². The molecule has 1 aromatic carbocycles. The van der Waals surface area contributed by atoms with Crippen LogP contribution in [0.2, 0.25) is 0 Å². The second-order valence-electron chi connectivity index (χ2n) is 4.06. The summed E-state index contributed by atoms with van der Waals surface area (Å²) in [5, 5.41) is 0. The number of nitrogens with one attached hydrogen (secondary N) is 1. The fourth-order valence-electron chi connectivity index (χ4n) is 1.86. The third-order valence-corrected chi connectivity index (χ3v) is 2.87. The number of aromatic amines is 1. The van der Waals surface area contributed by atoms with Gasteiger partial charge in [0.1, 0.15) is 5.82 Å². The van der Waals surface area contributed by atoms with Crippen molar-refractivity contribution in [3.8, 4) is 0 Å². The van der Waals surface area contributed by atoms with Crippen LogP contribution in [0.1, 0.15) is 26.6 Å². The fourth-order valence-corrected chi connectivity index (χ4v) is 1.86. The molecule has 0 aliphatic carbocycles. The summed E-state index contributed by atoms with van der Waals surface area (Å²) in [6, 6.07) is 8.11. The van der Waals surface area contributed by atoms with Crippen LogP contribution in [0.4, 0.5) is 0 Å². The highest BCUT2D eigenvalue weighted by Crippen LogP contribution is 2.11. The monoisotopic (exact) mass is 263 g/mol. The van der Waals surface area contributed by atoms with E-state index < -0.39 is 0 Å². The van der Waals surface area contributed by atoms with Crippen molar-refractivity contribution in [2.24, 2.45) is 0 Å². The first-order valence-electron chi connectivity index (χ1n) is 6.98. The summed E-state index contributed by atoms with van der Waals surface area (Å²) in [4.78, 5) is 10.2. The number of ether oxygens (including phenoxy) is 1. The van der Waals surface area contributed by atoms with Crippen LogP contribution >= 0.6 is 0 Å². The minimum Gasteiger partial charge on any atom is -0.383 e. The van der Waals surface area contributed by atoms with E-state index in [-0.39, 0.29) is 0 Å². The summed E-state index contributed by atoms with van der Waals surface area (Å²) in [5.74, 6) is 1.02. The van der Waals surface area contributed by atoms with Crippen LogP contribution in [0.15, 0.2) is 24.3 Å². The summed E-state index contributed by atoms with van der Waals surface area (Å²) in [6.45, 7) is 9.69. The first-order valence-corrected chi connectivity index (χ1v) is 6.98. The van der Waals surface area contributed by atoms with Gasteiger partial charge in [-0.3, -0.25) is 4.90 Å². The number of hydrogen-bond donors (Lipinski definition) is 1. The number of rotatable bonds is 6. The van der Waals surface area contributed by atoms with Crippen LogP contribution in [-0.4, -0.2) is 41.7 Å². The topological polar surface area (TPSA) is 41.1 Å². The van der Waals surface area contributed by atoms with Crippen molar-refractivity contribution < 1.29 is 4.74 Å². The Kier molecular flexibility index (Phi) is 7.15. The number of fused-ring (bicyclic) bond motifs is 1. The van der Waals surface area contributed by atoms with E-state index >= 15 is 0 Å². The lowest BCUT2D eigenvalue weighted by atomic mass is 10.3. The Labute approximate surface area is 115 Å². The summed E-state index contributed by atoms with van der Waals surface area (Å²) >= 11 is 0. The highest BCUT2D eigenvalue weighted by Gasteiger charge is 2.07. The zero-order chi connectivity index (χ0) is 14.1. The Bertz CT molecular complexity index is 434.